The molecule has 0 bridgehead atoms. The number of carbonyl (C=O) groups excluding carboxylic acids is 2. The minimum Gasteiger partial charge on any atom is -0.242 e. The van der Waals surface area contributed by atoms with Gasteiger partial charge in [-0.15, -0.1) is 23.2 Å². The van der Waals surface area contributed by atoms with Gasteiger partial charge in [0.25, 0.3) is 0 Å². The molecule has 2 aromatic rings. The smallest absolute Gasteiger partial charge is 0.242 e. The molecule has 2 aromatic carbocycles. The summed E-state index contributed by atoms with van der Waals surface area (Å²) in [7, 11) is 0. The molecule has 114 valence electrons. The molecule has 0 saturated carbocycles. The summed E-state index contributed by atoms with van der Waals surface area (Å²) in [5.41, 5.74) is 2.27. The quantitative estimate of drug-likeness (QED) is 0.478. The van der Waals surface area contributed by atoms with Crippen LogP contribution in [0.3, 0.4) is 0 Å². The Hall–Kier alpha value is -2.04. The van der Waals surface area contributed by atoms with E-state index < -0.39 is 11.9 Å². The van der Waals surface area contributed by atoms with Crippen LogP contribution < -0.4 is 0 Å². The van der Waals surface area contributed by atoms with Crippen molar-refractivity contribution in [2.24, 2.45) is 0 Å². The summed E-state index contributed by atoms with van der Waals surface area (Å²) in [6.45, 7) is 0. The summed E-state index contributed by atoms with van der Waals surface area (Å²) in [5.74, 6) is -0.815. The van der Waals surface area contributed by atoms with Crippen molar-refractivity contribution >= 4 is 35.1 Å². The highest BCUT2D eigenvalue weighted by atomic mass is 35.5. The van der Waals surface area contributed by atoms with Crippen molar-refractivity contribution in [3.05, 3.63) is 70.8 Å². The van der Waals surface area contributed by atoms with Gasteiger partial charge in [-0.05, 0) is 35.4 Å². The lowest BCUT2D eigenvalue weighted by molar-refractivity contribution is -0.187. The molecule has 0 radical (unpaired) electrons. The monoisotopic (exact) mass is 338 g/mol. The fourth-order valence-electron chi connectivity index (χ4n) is 1.63. The number of benzene rings is 2. The first-order valence-electron chi connectivity index (χ1n) is 6.37. The van der Waals surface area contributed by atoms with Gasteiger partial charge >= 0.3 is 11.9 Å². The number of rotatable bonds is 4. The highest BCUT2D eigenvalue weighted by Gasteiger charge is 2.14. The molecule has 0 aliphatic rings. The Bertz CT molecular complexity index is 591. The van der Waals surface area contributed by atoms with Crippen molar-refractivity contribution in [3.63, 3.8) is 0 Å². The summed E-state index contributed by atoms with van der Waals surface area (Å²) in [5, 5.41) is 0. The molecule has 6 heteroatoms. The van der Waals surface area contributed by atoms with Crippen LogP contribution in [0.1, 0.15) is 31.8 Å². The summed E-state index contributed by atoms with van der Waals surface area (Å²) >= 11 is 11.3. The maximum Gasteiger partial charge on any atom is 0.386 e. The molecule has 4 nitrogen and oxygen atoms in total. The molecular weight excluding hydrogens is 327 g/mol. The molecule has 0 atom stereocenters. The van der Waals surface area contributed by atoms with E-state index in [2.05, 4.69) is 9.78 Å². The van der Waals surface area contributed by atoms with E-state index >= 15 is 0 Å². The van der Waals surface area contributed by atoms with E-state index in [-0.39, 0.29) is 11.1 Å². The molecule has 0 amide bonds. The largest absolute Gasteiger partial charge is 0.386 e. The maximum absolute atomic E-state index is 11.7. The molecule has 0 aliphatic carbocycles. The van der Waals surface area contributed by atoms with Crippen LogP contribution in [0.2, 0.25) is 0 Å². The Morgan fingerprint density at radius 2 is 1.00 bits per heavy atom. The SMILES string of the molecule is O=C(OOC(=O)c1ccc(CCl)cc1)c1ccc(CCl)cc1. The number of carbonyl (C=O) groups is 2. The molecule has 0 spiro atoms. The van der Waals surface area contributed by atoms with Gasteiger partial charge in [-0.1, -0.05) is 24.3 Å². The van der Waals surface area contributed by atoms with Crippen molar-refractivity contribution < 1.29 is 19.4 Å². The highest BCUT2D eigenvalue weighted by molar-refractivity contribution is 6.17. The van der Waals surface area contributed by atoms with E-state index in [1.54, 1.807) is 48.5 Å². The van der Waals surface area contributed by atoms with Crippen molar-refractivity contribution in [1.82, 2.24) is 0 Å². The van der Waals surface area contributed by atoms with Crippen LogP contribution in [0.25, 0.3) is 0 Å². The van der Waals surface area contributed by atoms with Gasteiger partial charge in [-0.2, -0.15) is 0 Å². The van der Waals surface area contributed by atoms with Crippen LogP contribution in [-0.2, 0) is 21.5 Å². The molecular formula is C16H12Cl2O4. The Kier molecular flexibility index (Phi) is 5.81. The third-order valence-electron chi connectivity index (χ3n) is 2.88. The van der Waals surface area contributed by atoms with E-state index in [4.69, 9.17) is 23.2 Å². The Morgan fingerprint density at radius 1 is 0.682 bits per heavy atom. The van der Waals surface area contributed by atoms with Crippen LogP contribution >= 0.6 is 23.2 Å². The van der Waals surface area contributed by atoms with Crippen LogP contribution in [-0.4, -0.2) is 11.9 Å². The summed E-state index contributed by atoms with van der Waals surface area (Å²) in [6, 6.07) is 12.9. The molecule has 2 rings (SSSR count). The average molecular weight is 339 g/mol. The number of halogens is 2. The van der Waals surface area contributed by atoms with Crippen LogP contribution in [0.4, 0.5) is 0 Å². The zero-order chi connectivity index (χ0) is 15.9. The van der Waals surface area contributed by atoms with Gasteiger partial charge in [0.2, 0.25) is 0 Å². The Labute approximate surface area is 137 Å². The minimum atomic E-state index is -0.758. The van der Waals surface area contributed by atoms with Gasteiger partial charge in [0, 0.05) is 11.8 Å². The minimum absolute atomic E-state index is 0.263. The van der Waals surface area contributed by atoms with Crippen molar-refractivity contribution in [2.75, 3.05) is 0 Å². The lowest BCUT2D eigenvalue weighted by Crippen LogP contribution is -2.11. The molecule has 0 unspecified atom stereocenters. The van der Waals surface area contributed by atoms with Gasteiger partial charge in [0.15, 0.2) is 0 Å². The van der Waals surface area contributed by atoms with Crippen LogP contribution in [0.15, 0.2) is 48.5 Å². The van der Waals surface area contributed by atoms with Gasteiger partial charge < -0.3 is 0 Å². The van der Waals surface area contributed by atoms with E-state index in [0.717, 1.165) is 11.1 Å². The summed E-state index contributed by atoms with van der Waals surface area (Å²) < 4.78 is 0. The predicted molar refractivity (Wildman–Crippen MR) is 82.8 cm³/mol. The lowest BCUT2D eigenvalue weighted by atomic mass is 10.1. The van der Waals surface area contributed by atoms with Gasteiger partial charge in [0.1, 0.15) is 0 Å². The predicted octanol–water partition coefficient (Wildman–Crippen LogP) is 4.09. The van der Waals surface area contributed by atoms with E-state index in [9.17, 15) is 9.59 Å². The lowest BCUT2D eigenvalue weighted by Gasteiger charge is -2.04. The second-order valence-corrected chi connectivity index (χ2v) is 4.94. The molecule has 0 saturated heterocycles. The first-order valence-corrected chi connectivity index (χ1v) is 7.44. The van der Waals surface area contributed by atoms with Crippen LogP contribution in [0, 0.1) is 0 Å². The van der Waals surface area contributed by atoms with Gasteiger partial charge in [0.05, 0.1) is 11.1 Å². The van der Waals surface area contributed by atoms with Gasteiger partial charge in [-0.3, -0.25) is 0 Å². The zero-order valence-electron chi connectivity index (χ0n) is 11.4. The molecule has 0 aliphatic heterocycles. The Morgan fingerprint density at radius 3 is 1.27 bits per heavy atom. The van der Waals surface area contributed by atoms with Crippen LogP contribution in [0.5, 0.6) is 0 Å². The van der Waals surface area contributed by atoms with Crippen molar-refractivity contribution in [3.8, 4) is 0 Å². The van der Waals surface area contributed by atoms with Crippen molar-refractivity contribution in [1.29, 1.82) is 0 Å². The second-order valence-electron chi connectivity index (χ2n) is 4.40. The fraction of sp³-hybridized carbons (Fsp3) is 0.125. The normalized spacial score (nSPS) is 10.1. The maximum atomic E-state index is 11.7. The second kappa shape index (κ2) is 7.82. The average Bonchev–Trinajstić information content (AvgIpc) is 2.59. The molecule has 0 fully saturated rings. The zero-order valence-corrected chi connectivity index (χ0v) is 12.9. The third-order valence-corrected chi connectivity index (χ3v) is 3.50. The summed E-state index contributed by atoms with van der Waals surface area (Å²) in [4.78, 5) is 32.5. The molecule has 22 heavy (non-hydrogen) atoms. The molecule has 0 heterocycles. The third kappa shape index (κ3) is 4.23. The van der Waals surface area contributed by atoms with Gasteiger partial charge in [-0.25, -0.2) is 19.4 Å². The molecule has 0 N–H and O–H groups in total. The number of alkyl halides is 2. The first-order chi connectivity index (χ1) is 10.6. The van der Waals surface area contributed by atoms with E-state index in [0.29, 0.717) is 11.8 Å². The fourth-order valence-corrected chi connectivity index (χ4v) is 1.99. The number of hydrogen-bond acceptors (Lipinski definition) is 4. The standard InChI is InChI=1S/C16H12Cl2O4/c17-9-11-1-5-13(6-2-11)15(19)21-22-16(20)14-7-3-12(10-18)4-8-14/h1-8H,9-10H2. The Balaban J connectivity index is 1.92. The van der Waals surface area contributed by atoms with E-state index in [1.165, 1.54) is 0 Å². The van der Waals surface area contributed by atoms with E-state index in [1.807, 2.05) is 0 Å². The topological polar surface area (TPSA) is 52.6 Å². The molecule has 0 aromatic heterocycles. The highest BCUT2D eigenvalue weighted by Crippen LogP contribution is 2.11. The van der Waals surface area contributed by atoms with Crippen molar-refractivity contribution in [2.45, 2.75) is 11.8 Å². The first kappa shape index (κ1) is 16.3. The summed E-state index contributed by atoms with van der Waals surface area (Å²) in [6.07, 6.45) is 0. The number of hydrogen-bond donors (Lipinski definition) is 0.